The predicted octanol–water partition coefficient (Wildman–Crippen LogP) is 3.55. The number of piperidine rings is 1. The number of carbonyl (C=O) groups is 1. The van der Waals surface area contributed by atoms with Crippen LogP contribution in [0.5, 0.6) is 0 Å². The van der Waals surface area contributed by atoms with Gasteiger partial charge in [-0.2, -0.15) is 0 Å². The Kier molecular flexibility index (Phi) is 5.73. The number of aliphatic hydroxyl groups is 1. The highest BCUT2D eigenvalue weighted by atomic mass is 32.1. The average Bonchev–Trinajstić information content (AvgIpc) is 3.27. The quantitative estimate of drug-likeness (QED) is 0.822. The zero-order valence-corrected chi connectivity index (χ0v) is 17.2. The number of aromatic nitrogens is 2. The molecular weight excluding hydrogens is 358 g/mol. The summed E-state index contributed by atoms with van der Waals surface area (Å²) in [5.41, 5.74) is -1.00. The average molecular weight is 386 g/mol. The van der Waals surface area contributed by atoms with Gasteiger partial charge in [0, 0.05) is 31.4 Å². The van der Waals surface area contributed by atoms with E-state index >= 15 is 0 Å². The molecule has 0 spiro atoms. The summed E-state index contributed by atoms with van der Waals surface area (Å²) >= 11 is 1.57. The number of imidazole rings is 1. The first-order chi connectivity index (χ1) is 12.7. The summed E-state index contributed by atoms with van der Waals surface area (Å²) < 4.78 is 2.19. The fraction of sp³-hybridized carbons (Fsp3) is 0.524. The Morgan fingerprint density at radius 2 is 2.19 bits per heavy atom. The van der Waals surface area contributed by atoms with Crippen molar-refractivity contribution >= 4 is 17.2 Å². The molecule has 1 N–H and O–H groups in total. The summed E-state index contributed by atoms with van der Waals surface area (Å²) in [6, 6.07) is 4.23. The van der Waals surface area contributed by atoms with Gasteiger partial charge in [-0.25, -0.2) is 4.98 Å². The molecule has 5 nitrogen and oxygen atoms in total. The van der Waals surface area contributed by atoms with E-state index in [9.17, 15) is 9.90 Å². The zero-order chi connectivity index (χ0) is 19.6. The molecule has 6 heteroatoms. The fourth-order valence-electron chi connectivity index (χ4n) is 3.29. The van der Waals surface area contributed by atoms with Crippen LogP contribution in [0.3, 0.4) is 0 Å². The number of nitrogens with zero attached hydrogens (tertiary/aromatic N) is 3. The predicted molar refractivity (Wildman–Crippen MR) is 108 cm³/mol. The lowest BCUT2D eigenvalue weighted by atomic mass is 10.0. The molecule has 1 aliphatic rings. The first kappa shape index (κ1) is 19.7. The Morgan fingerprint density at radius 3 is 2.89 bits per heavy atom. The van der Waals surface area contributed by atoms with Crippen molar-refractivity contribution in [3.63, 3.8) is 0 Å². The molecule has 1 amide bonds. The number of thiophene rings is 1. The van der Waals surface area contributed by atoms with E-state index in [1.54, 1.807) is 25.2 Å². The Labute approximate surface area is 165 Å². The van der Waals surface area contributed by atoms with Crippen LogP contribution in [0, 0.1) is 17.8 Å². The number of rotatable bonds is 3. The van der Waals surface area contributed by atoms with Gasteiger partial charge in [-0.05, 0) is 38.8 Å². The molecule has 0 saturated carbocycles. The Morgan fingerprint density at radius 1 is 1.41 bits per heavy atom. The van der Waals surface area contributed by atoms with Crippen molar-refractivity contribution < 1.29 is 9.90 Å². The molecule has 0 bridgehead atoms. The third kappa shape index (κ3) is 4.79. The standard InChI is InChI=1S/C21H27N3O2S/c1-15(2)20(25)23-12-5-6-16(14-23)24-13-11-22-19(24)18-8-7-17(27-18)9-10-21(3,4)26/h7-8,11,13,15-16,26H,5-6,12,14H2,1-4H3/t16-/m1/s1. The van der Waals surface area contributed by atoms with Gasteiger partial charge in [-0.3, -0.25) is 4.79 Å². The largest absolute Gasteiger partial charge is 0.378 e. The van der Waals surface area contributed by atoms with E-state index in [0.29, 0.717) is 0 Å². The monoisotopic (exact) mass is 385 g/mol. The van der Waals surface area contributed by atoms with Crippen molar-refractivity contribution in [2.75, 3.05) is 13.1 Å². The molecule has 1 saturated heterocycles. The molecule has 2 aromatic rings. The van der Waals surface area contributed by atoms with Crippen LogP contribution in [0.15, 0.2) is 24.5 Å². The van der Waals surface area contributed by atoms with Crippen molar-refractivity contribution in [3.8, 4) is 22.5 Å². The van der Waals surface area contributed by atoms with Crippen LogP contribution in [-0.2, 0) is 4.79 Å². The molecule has 1 fully saturated rings. The van der Waals surface area contributed by atoms with E-state index in [2.05, 4.69) is 21.4 Å². The second-order valence-electron chi connectivity index (χ2n) is 7.87. The van der Waals surface area contributed by atoms with Gasteiger partial charge in [0.2, 0.25) is 5.91 Å². The molecule has 0 aromatic carbocycles. The van der Waals surface area contributed by atoms with Crippen LogP contribution in [0.4, 0.5) is 0 Å². The van der Waals surface area contributed by atoms with Crippen LogP contribution in [-0.4, -0.2) is 44.2 Å². The second-order valence-corrected chi connectivity index (χ2v) is 8.95. The van der Waals surface area contributed by atoms with Crippen molar-refractivity contribution in [3.05, 3.63) is 29.4 Å². The number of hydrogen-bond acceptors (Lipinski definition) is 4. The number of likely N-dealkylation sites (tertiary alicyclic amines) is 1. The van der Waals surface area contributed by atoms with Crippen molar-refractivity contribution in [2.45, 2.75) is 52.2 Å². The van der Waals surface area contributed by atoms with E-state index < -0.39 is 5.60 Å². The molecule has 2 aromatic heterocycles. The van der Waals surface area contributed by atoms with Gasteiger partial charge in [-0.1, -0.05) is 25.7 Å². The van der Waals surface area contributed by atoms with Gasteiger partial charge < -0.3 is 14.6 Å². The lowest BCUT2D eigenvalue weighted by molar-refractivity contribution is -0.136. The van der Waals surface area contributed by atoms with Crippen LogP contribution in [0.25, 0.3) is 10.7 Å². The molecule has 1 atom stereocenters. The molecule has 0 unspecified atom stereocenters. The Hall–Kier alpha value is -2.10. The summed E-state index contributed by atoms with van der Waals surface area (Å²) in [4.78, 5) is 20.9. The first-order valence-corrected chi connectivity index (χ1v) is 10.2. The third-order valence-electron chi connectivity index (χ3n) is 4.58. The van der Waals surface area contributed by atoms with E-state index in [0.717, 1.165) is 41.5 Å². The lowest BCUT2D eigenvalue weighted by Gasteiger charge is -2.35. The molecule has 144 valence electrons. The topological polar surface area (TPSA) is 58.4 Å². The van der Waals surface area contributed by atoms with Crippen LogP contribution < -0.4 is 0 Å². The summed E-state index contributed by atoms with van der Waals surface area (Å²) in [7, 11) is 0. The van der Waals surface area contributed by atoms with Crippen LogP contribution in [0.2, 0.25) is 0 Å². The fourth-order valence-corrected chi connectivity index (χ4v) is 4.15. The highest BCUT2D eigenvalue weighted by molar-refractivity contribution is 7.15. The third-order valence-corrected chi connectivity index (χ3v) is 5.58. The van der Waals surface area contributed by atoms with Crippen LogP contribution in [0.1, 0.15) is 51.5 Å². The SMILES string of the molecule is CC(C)C(=O)N1CCC[C@@H](n2ccnc2-c2ccc(C#CC(C)(C)O)s2)C1. The molecule has 1 aliphatic heterocycles. The molecule has 0 aliphatic carbocycles. The second kappa shape index (κ2) is 7.87. The lowest BCUT2D eigenvalue weighted by Crippen LogP contribution is -2.42. The van der Waals surface area contributed by atoms with Gasteiger partial charge in [0.15, 0.2) is 0 Å². The van der Waals surface area contributed by atoms with E-state index in [-0.39, 0.29) is 17.9 Å². The first-order valence-electron chi connectivity index (χ1n) is 9.42. The maximum atomic E-state index is 12.4. The zero-order valence-electron chi connectivity index (χ0n) is 16.4. The number of amides is 1. The van der Waals surface area contributed by atoms with Crippen LogP contribution >= 0.6 is 11.3 Å². The summed E-state index contributed by atoms with van der Waals surface area (Å²) in [5, 5.41) is 9.78. The van der Waals surface area contributed by atoms with Gasteiger partial charge >= 0.3 is 0 Å². The Balaban J connectivity index is 1.81. The van der Waals surface area contributed by atoms with Crippen molar-refractivity contribution in [2.24, 2.45) is 5.92 Å². The van der Waals surface area contributed by atoms with Gasteiger partial charge in [0.05, 0.1) is 15.8 Å². The number of carbonyl (C=O) groups excluding carboxylic acids is 1. The van der Waals surface area contributed by atoms with Gasteiger partial charge in [-0.15, -0.1) is 11.3 Å². The minimum Gasteiger partial charge on any atom is -0.378 e. The van der Waals surface area contributed by atoms with E-state index in [1.165, 1.54) is 0 Å². The van der Waals surface area contributed by atoms with Gasteiger partial charge in [0.25, 0.3) is 0 Å². The normalized spacial score (nSPS) is 17.7. The highest BCUT2D eigenvalue weighted by Crippen LogP contribution is 2.31. The minimum absolute atomic E-state index is 0.0280. The molecule has 3 rings (SSSR count). The minimum atomic E-state index is -1.00. The summed E-state index contributed by atoms with van der Waals surface area (Å²) in [6.07, 6.45) is 5.88. The highest BCUT2D eigenvalue weighted by Gasteiger charge is 2.27. The van der Waals surface area contributed by atoms with Crippen molar-refractivity contribution in [1.82, 2.24) is 14.5 Å². The van der Waals surface area contributed by atoms with E-state index in [1.807, 2.05) is 43.3 Å². The van der Waals surface area contributed by atoms with Crippen molar-refractivity contribution in [1.29, 1.82) is 0 Å². The molecular formula is C21H27N3O2S. The Bertz CT molecular complexity index is 864. The summed E-state index contributed by atoms with van der Waals surface area (Å²) in [5.74, 6) is 7.05. The maximum Gasteiger partial charge on any atom is 0.225 e. The van der Waals surface area contributed by atoms with Gasteiger partial charge in [0.1, 0.15) is 11.4 Å². The smallest absolute Gasteiger partial charge is 0.225 e. The summed E-state index contributed by atoms with van der Waals surface area (Å²) in [6.45, 7) is 8.83. The molecule has 3 heterocycles. The maximum absolute atomic E-state index is 12.4. The molecule has 0 radical (unpaired) electrons. The molecule has 27 heavy (non-hydrogen) atoms. The number of hydrogen-bond donors (Lipinski definition) is 1. The van der Waals surface area contributed by atoms with E-state index in [4.69, 9.17) is 0 Å².